The molecule has 1 atom stereocenters. The van der Waals surface area contributed by atoms with Gasteiger partial charge in [0.15, 0.2) is 0 Å². The van der Waals surface area contributed by atoms with Gasteiger partial charge in [0, 0.05) is 45.3 Å². The van der Waals surface area contributed by atoms with Crippen LogP contribution >= 0.6 is 0 Å². The highest BCUT2D eigenvalue weighted by molar-refractivity contribution is 5.53. The normalized spacial score (nSPS) is 26.0. The fraction of sp³-hybridized carbons (Fsp3) is 0.821. The molecular weight excluding hydrogens is 420 g/mol. The molecule has 6 nitrogen and oxygen atoms in total. The number of aromatic nitrogens is 1. The van der Waals surface area contributed by atoms with Crippen molar-refractivity contribution in [1.82, 2.24) is 14.8 Å². The van der Waals surface area contributed by atoms with Crippen LogP contribution in [0, 0.1) is 11.3 Å². The molecule has 1 unspecified atom stereocenters. The first-order chi connectivity index (χ1) is 16.7. The molecule has 6 heteroatoms. The zero-order valence-corrected chi connectivity index (χ0v) is 21.6. The van der Waals surface area contributed by atoms with Crippen LogP contribution in [0.5, 0.6) is 0 Å². The lowest BCUT2D eigenvalue weighted by molar-refractivity contribution is 0.0169. The minimum absolute atomic E-state index is 0.0760. The number of nitrogens with two attached hydrogens (primary N) is 1. The lowest BCUT2D eigenvalue weighted by Gasteiger charge is -2.48. The zero-order valence-electron chi connectivity index (χ0n) is 21.6. The Hall–Kier alpha value is -1.37. The second kappa shape index (κ2) is 11.1. The van der Waals surface area contributed by atoms with Crippen molar-refractivity contribution in [3.63, 3.8) is 0 Å². The van der Waals surface area contributed by atoms with E-state index in [0.717, 1.165) is 49.3 Å². The molecular formula is C28H48N6. The summed E-state index contributed by atoms with van der Waals surface area (Å²) in [5, 5.41) is 3.35. The van der Waals surface area contributed by atoms with Gasteiger partial charge in [-0.3, -0.25) is 4.90 Å². The third-order valence-corrected chi connectivity index (χ3v) is 9.56. The average molecular weight is 469 g/mol. The zero-order chi connectivity index (χ0) is 23.4. The minimum atomic E-state index is -0.0760. The molecule has 1 aromatic rings. The maximum atomic E-state index is 6.86. The van der Waals surface area contributed by atoms with E-state index in [0.29, 0.717) is 5.41 Å². The number of nitrogens with one attached hydrogen (secondary N) is 1. The van der Waals surface area contributed by atoms with Crippen molar-refractivity contribution < 1.29 is 0 Å². The molecule has 3 aliphatic heterocycles. The Labute approximate surface area is 207 Å². The van der Waals surface area contributed by atoms with Crippen LogP contribution in [-0.2, 0) is 0 Å². The summed E-state index contributed by atoms with van der Waals surface area (Å²) in [6.07, 6.45) is 16.4. The van der Waals surface area contributed by atoms with E-state index in [2.05, 4.69) is 32.1 Å². The van der Waals surface area contributed by atoms with Crippen LogP contribution in [0.25, 0.3) is 0 Å². The summed E-state index contributed by atoms with van der Waals surface area (Å²) >= 11 is 0. The molecule has 5 rings (SSSR count). The highest BCUT2D eigenvalue weighted by Gasteiger charge is 2.39. The Morgan fingerprint density at radius 1 is 0.912 bits per heavy atom. The van der Waals surface area contributed by atoms with Crippen LogP contribution in [0.3, 0.4) is 0 Å². The Morgan fingerprint density at radius 2 is 1.56 bits per heavy atom. The molecule has 1 aromatic heterocycles. The van der Waals surface area contributed by atoms with E-state index < -0.39 is 0 Å². The number of hydrogen-bond donors (Lipinski definition) is 2. The maximum Gasteiger partial charge on any atom is 0.134 e. The van der Waals surface area contributed by atoms with E-state index in [4.69, 9.17) is 10.7 Å². The monoisotopic (exact) mass is 468 g/mol. The number of likely N-dealkylation sites (tertiary alicyclic amines) is 2. The van der Waals surface area contributed by atoms with Crippen LogP contribution in [0.1, 0.15) is 88.8 Å². The Morgan fingerprint density at radius 3 is 2.21 bits per heavy atom. The molecule has 0 radical (unpaired) electrons. The Kier molecular flexibility index (Phi) is 7.97. The molecule has 0 aromatic carbocycles. The first-order valence-electron chi connectivity index (χ1n) is 14.3. The van der Waals surface area contributed by atoms with Gasteiger partial charge in [0.05, 0.1) is 6.17 Å². The predicted octanol–water partition coefficient (Wildman–Crippen LogP) is 4.83. The molecule has 0 amide bonds. The molecule has 4 fully saturated rings. The van der Waals surface area contributed by atoms with Gasteiger partial charge < -0.3 is 20.9 Å². The predicted molar refractivity (Wildman–Crippen MR) is 142 cm³/mol. The molecule has 190 valence electrons. The minimum Gasteiger partial charge on any atom is -0.373 e. The van der Waals surface area contributed by atoms with E-state index in [1.165, 1.54) is 96.7 Å². The largest absolute Gasteiger partial charge is 0.373 e. The summed E-state index contributed by atoms with van der Waals surface area (Å²) in [6.45, 7) is 8.45. The molecule has 1 aliphatic carbocycles. The van der Waals surface area contributed by atoms with E-state index in [-0.39, 0.29) is 6.17 Å². The van der Waals surface area contributed by atoms with E-state index in [9.17, 15) is 0 Å². The van der Waals surface area contributed by atoms with Gasteiger partial charge in [-0.25, -0.2) is 4.98 Å². The summed E-state index contributed by atoms with van der Waals surface area (Å²) in [4.78, 5) is 12.7. The van der Waals surface area contributed by atoms with Gasteiger partial charge >= 0.3 is 0 Å². The summed E-state index contributed by atoms with van der Waals surface area (Å²) < 4.78 is 0. The molecule has 3 N–H and O–H groups in total. The van der Waals surface area contributed by atoms with Gasteiger partial charge in [-0.15, -0.1) is 0 Å². The summed E-state index contributed by atoms with van der Waals surface area (Å²) in [7, 11) is 1.98. The van der Waals surface area contributed by atoms with Gasteiger partial charge in [-0.2, -0.15) is 0 Å². The van der Waals surface area contributed by atoms with Gasteiger partial charge in [0.25, 0.3) is 0 Å². The van der Waals surface area contributed by atoms with Crippen molar-refractivity contribution in [2.24, 2.45) is 17.1 Å². The van der Waals surface area contributed by atoms with Crippen LogP contribution in [0.15, 0.2) is 12.1 Å². The number of hydrogen-bond acceptors (Lipinski definition) is 6. The SMILES string of the molecule is CNc1nc(N2CCCCCC2)ccc1C(N)N1CCC2(CCN(CC3CCCC3)CC2)CC1. The number of rotatable bonds is 6. The molecule has 1 spiro atoms. The van der Waals surface area contributed by atoms with E-state index in [1.54, 1.807) is 0 Å². The standard InChI is InChI=1S/C28H48N6/c1-30-27-24(10-11-25(31-27)33-16-6-2-3-7-17-33)26(29)34-20-14-28(15-21-34)12-18-32(19-13-28)22-23-8-4-5-9-23/h10-11,23,26H,2-9,12-22,29H2,1H3,(H,30,31). The van der Waals surface area contributed by atoms with Crippen LogP contribution in [-0.4, -0.2) is 67.6 Å². The fourth-order valence-corrected chi connectivity index (χ4v) is 7.12. The molecule has 4 heterocycles. The summed E-state index contributed by atoms with van der Waals surface area (Å²) in [5.74, 6) is 3.04. The maximum absolute atomic E-state index is 6.86. The summed E-state index contributed by atoms with van der Waals surface area (Å²) in [5.41, 5.74) is 8.56. The lowest BCUT2D eigenvalue weighted by Crippen LogP contribution is -2.49. The van der Waals surface area contributed by atoms with Crippen LogP contribution in [0.2, 0.25) is 0 Å². The van der Waals surface area contributed by atoms with E-state index in [1.807, 2.05) is 7.05 Å². The lowest BCUT2D eigenvalue weighted by atomic mass is 9.71. The highest BCUT2D eigenvalue weighted by Crippen LogP contribution is 2.43. The molecule has 3 saturated heterocycles. The number of nitrogens with zero attached hydrogens (tertiary/aromatic N) is 4. The van der Waals surface area contributed by atoms with Crippen molar-refractivity contribution in [2.75, 3.05) is 63.1 Å². The highest BCUT2D eigenvalue weighted by atomic mass is 15.2. The summed E-state index contributed by atoms with van der Waals surface area (Å²) in [6, 6.07) is 4.43. The number of anilines is 2. The topological polar surface area (TPSA) is 60.7 Å². The third kappa shape index (κ3) is 5.55. The fourth-order valence-electron chi connectivity index (χ4n) is 7.12. The molecule has 4 aliphatic rings. The van der Waals surface area contributed by atoms with Gasteiger partial charge in [-0.05, 0) is 87.9 Å². The van der Waals surface area contributed by atoms with Crippen LogP contribution < -0.4 is 16.0 Å². The molecule has 0 bridgehead atoms. The first-order valence-corrected chi connectivity index (χ1v) is 14.3. The second-order valence-electron chi connectivity index (χ2n) is 11.7. The number of pyridine rings is 1. The van der Waals surface area contributed by atoms with Crippen molar-refractivity contribution in [1.29, 1.82) is 0 Å². The first kappa shape index (κ1) is 24.3. The smallest absolute Gasteiger partial charge is 0.134 e. The van der Waals surface area contributed by atoms with Crippen molar-refractivity contribution in [3.8, 4) is 0 Å². The van der Waals surface area contributed by atoms with E-state index >= 15 is 0 Å². The van der Waals surface area contributed by atoms with Crippen molar-refractivity contribution >= 4 is 11.6 Å². The quantitative estimate of drug-likeness (QED) is 0.624. The van der Waals surface area contributed by atoms with Gasteiger partial charge in [-0.1, -0.05) is 25.7 Å². The third-order valence-electron chi connectivity index (χ3n) is 9.56. The Bertz CT molecular complexity index is 765. The van der Waals surface area contributed by atoms with Gasteiger partial charge in [0.1, 0.15) is 11.6 Å². The molecule has 34 heavy (non-hydrogen) atoms. The second-order valence-corrected chi connectivity index (χ2v) is 11.7. The number of piperidine rings is 2. The average Bonchev–Trinajstić information content (AvgIpc) is 3.24. The Balaban J connectivity index is 1.16. The van der Waals surface area contributed by atoms with Crippen LogP contribution in [0.4, 0.5) is 11.6 Å². The van der Waals surface area contributed by atoms with Crippen molar-refractivity contribution in [3.05, 3.63) is 17.7 Å². The molecule has 1 saturated carbocycles. The van der Waals surface area contributed by atoms with Gasteiger partial charge in [0.2, 0.25) is 0 Å². The van der Waals surface area contributed by atoms with Crippen molar-refractivity contribution in [2.45, 2.75) is 83.2 Å².